The van der Waals surface area contributed by atoms with Gasteiger partial charge in [0.2, 0.25) is 23.6 Å². The van der Waals surface area contributed by atoms with E-state index in [4.69, 9.17) is 31.5 Å². The van der Waals surface area contributed by atoms with Gasteiger partial charge in [0.05, 0.1) is 11.4 Å². The topological polar surface area (TPSA) is 135 Å². The number of benzene rings is 1. The molecule has 11 heteroatoms. The second-order valence-electron chi connectivity index (χ2n) is 8.10. The highest BCUT2D eigenvalue weighted by Crippen LogP contribution is 2.41. The van der Waals surface area contributed by atoms with Crippen LogP contribution in [0.15, 0.2) is 28.9 Å². The molecule has 5 rings (SSSR count). The highest BCUT2D eigenvalue weighted by molar-refractivity contribution is 6.33. The molecule has 1 aromatic carbocycles. The van der Waals surface area contributed by atoms with Gasteiger partial charge in [0.15, 0.2) is 11.2 Å². The minimum atomic E-state index is -0.432. The lowest BCUT2D eigenvalue weighted by atomic mass is 10.1. The van der Waals surface area contributed by atoms with Crippen LogP contribution in [0.25, 0.3) is 22.6 Å². The Morgan fingerprint density at radius 3 is 2.78 bits per heavy atom. The van der Waals surface area contributed by atoms with E-state index in [1.807, 2.05) is 11.5 Å². The molecule has 32 heavy (non-hydrogen) atoms. The van der Waals surface area contributed by atoms with Gasteiger partial charge >= 0.3 is 0 Å². The summed E-state index contributed by atoms with van der Waals surface area (Å²) >= 11 is 6.59. The summed E-state index contributed by atoms with van der Waals surface area (Å²) in [5.74, 6) is 1.38. The number of halogens is 1. The fourth-order valence-corrected chi connectivity index (χ4v) is 3.73. The van der Waals surface area contributed by atoms with Crippen LogP contribution in [-0.2, 0) is 17.8 Å². The molecule has 0 bridgehead atoms. The highest BCUT2D eigenvalue weighted by Gasteiger charge is 2.41. The summed E-state index contributed by atoms with van der Waals surface area (Å²) in [4.78, 5) is 24.8. The third kappa shape index (κ3) is 3.89. The molecule has 3 aromatic heterocycles. The Kier molecular flexibility index (Phi) is 4.81. The molecule has 0 saturated heterocycles. The molecule has 0 unspecified atom stereocenters. The zero-order chi connectivity index (χ0) is 22.5. The van der Waals surface area contributed by atoms with Gasteiger partial charge in [-0.1, -0.05) is 17.7 Å². The number of nitrogens with two attached hydrogens (primary N) is 1. The SMILES string of the molecule is Cc1nnc(Cn2c(-c3ccc(CC(N)=O)cc3Cl)nc3c(OC4(C)CC4)ncnc32)o1. The first-order chi connectivity index (χ1) is 15.3. The van der Waals surface area contributed by atoms with Crippen molar-refractivity contribution in [3.8, 4) is 17.3 Å². The molecule has 4 aromatic rings. The molecule has 1 amide bonds. The van der Waals surface area contributed by atoms with Gasteiger partial charge in [-0.3, -0.25) is 9.36 Å². The Bertz CT molecular complexity index is 1340. The lowest BCUT2D eigenvalue weighted by Gasteiger charge is -2.11. The summed E-state index contributed by atoms with van der Waals surface area (Å²) in [6, 6.07) is 5.30. The number of primary amides is 1. The molecule has 3 heterocycles. The molecule has 2 N–H and O–H groups in total. The Morgan fingerprint density at radius 1 is 1.31 bits per heavy atom. The molecule has 1 saturated carbocycles. The van der Waals surface area contributed by atoms with Crippen molar-refractivity contribution in [1.82, 2.24) is 29.7 Å². The van der Waals surface area contributed by atoms with E-state index in [2.05, 4.69) is 20.2 Å². The number of imidazole rings is 1. The van der Waals surface area contributed by atoms with Gasteiger partial charge in [-0.25, -0.2) is 9.97 Å². The van der Waals surface area contributed by atoms with Crippen LogP contribution in [0.2, 0.25) is 5.02 Å². The fourth-order valence-electron chi connectivity index (χ4n) is 3.45. The summed E-state index contributed by atoms with van der Waals surface area (Å²) < 4.78 is 13.5. The van der Waals surface area contributed by atoms with Gasteiger partial charge in [-0.05, 0) is 37.5 Å². The molecular formula is C21H20ClN7O3. The zero-order valence-electron chi connectivity index (χ0n) is 17.5. The minimum absolute atomic E-state index is 0.0969. The molecule has 1 fully saturated rings. The number of aryl methyl sites for hydroxylation is 1. The number of ether oxygens (including phenoxy) is 1. The molecule has 0 aliphatic heterocycles. The van der Waals surface area contributed by atoms with Crippen molar-refractivity contribution in [2.75, 3.05) is 0 Å². The standard InChI is InChI=1S/C21H20ClN7O3/c1-11-27-28-16(31-11)9-29-18(13-4-3-12(7-14(13)22)8-15(23)30)26-17-19(29)24-10-25-20(17)32-21(2)5-6-21/h3-4,7,10H,5-6,8-9H2,1-2H3,(H2,23,30). The normalized spacial score (nSPS) is 14.6. The summed E-state index contributed by atoms with van der Waals surface area (Å²) in [6.45, 7) is 4.00. The molecule has 0 radical (unpaired) electrons. The number of nitrogens with zero attached hydrogens (tertiary/aromatic N) is 6. The van der Waals surface area contributed by atoms with Crippen LogP contribution < -0.4 is 10.5 Å². The van der Waals surface area contributed by atoms with Crippen LogP contribution in [0.1, 0.15) is 37.1 Å². The molecule has 1 aliphatic carbocycles. The number of amides is 1. The van der Waals surface area contributed by atoms with Crippen LogP contribution in [0.5, 0.6) is 5.88 Å². The van der Waals surface area contributed by atoms with E-state index in [1.165, 1.54) is 6.33 Å². The highest BCUT2D eigenvalue weighted by atomic mass is 35.5. The van der Waals surface area contributed by atoms with Gasteiger partial charge in [0.25, 0.3) is 0 Å². The first-order valence-electron chi connectivity index (χ1n) is 10.1. The van der Waals surface area contributed by atoms with Crippen molar-refractivity contribution in [2.24, 2.45) is 5.73 Å². The van der Waals surface area contributed by atoms with Crippen LogP contribution in [0.4, 0.5) is 0 Å². The van der Waals surface area contributed by atoms with Gasteiger partial charge < -0.3 is 14.9 Å². The number of aromatic nitrogens is 6. The average Bonchev–Trinajstić information content (AvgIpc) is 3.14. The van der Waals surface area contributed by atoms with E-state index >= 15 is 0 Å². The number of hydrogen-bond donors (Lipinski definition) is 1. The minimum Gasteiger partial charge on any atom is -0.470 e. The van der Waals surface area contributed by atoms with E-state index in [0.717, 1.165) is 12.8 Å². The molecule has 0 atom stereocenters. The Morgan fingerprint density at radius 2 is 2.12 bits per heavy atom. The maximum atomic E-state index is 11.3. The monoisotopic (exact) mass is 453 g/mol. The number of rotatable bonds is 7. The average molecular weight is 454 g/mol. The van der Waals surface area contributed by atoms with E-state index in [0.29, 0.717) is 50.8 Å². The van der Waals surface area contributed by atoms with Crippen molar-refractivity contribution < 1.29 is 13.9 Å². The maximum absolute atomic E-state index is 11.3. The van der Waals surface area contributed by atoms with E-state index in [9.17, 15) is 4.79 Å². The smallest absolute Gasteiger partial charge is 0.245 e. The molecule has 164 valence electrons. The van der Waals surface area contributed by atoms with E-state index < -0.39 is 5.91 Å². The van der Waals surface area contributed by atoms with E-state index in [1.54, 1.807) is 25.1 Å². The molecule has 10 nitrogen and oxygen atoms in total. The quantitative estimate of drug-likeness (QED) is 0.451. The first kappa shape index (κ1) is 20.4. The van der Waals surface area contributed by atoms with Gasteiger partial charge in [-0.15, -0.1) is 10.2 Å². The predicted molar refractivity (Wildman–Crippen MR) is 115 cm³/mol. The predicted octanol–water partition coefficient (Wildman–Crippen LogP) is 2.85. The third-order valence-corrected chi connectivity index (χ3v) is 5.62. The number of carbonyl (C=O) groups is 1. The Labute approximate surface area is 187 Å². The molecular weight excluding hydrogens is 434 g/mol. The van der Waals surface area contributed by atoms with Crippen molar-refractivity contribution in [3.63, 3.8) is 0 Å². The van der Waals surface area contributed by atoms with Crippen molar-refractivity contribution in [2.45, 2.75) is 45.3 Å². The Balaban J connectivity index is 1.65. The summed E-state index contributed by atoms with van der Waals surface area (Å²) in [7, 11) is 0. The van der Waals surface area contributed by atoms with Crippen molar-refractivity contribution in [1.29, 1.82) is 0 Å². The lowest BCUT2D eigenvalue weighted by molar-refractivity contribution is -0.117. The fraction of sp³-hybridized carbons (Fsp3) is 0.333. The van der Waals surface area contributed by atoms with Crippen LogP contribution >= 0.6 is 11.6 Å². The molecule has 1 aliphatic rings. The van der Waals surface area contributed by atoms with Crippen molar-refractivity contribution >= 4 is 28.7 Å². The van der Waals surface area contributed by atoms with Gasteiger partial charge in [0, 0.05) is 12.5 Å². The number of carbonyl (C=O) groups excluding carboxylic acids is 1. The second kappa shape index (κ2) is 7.56. The van der Waals surface area contributed by atoms with Crippen LogP contribution in [0.3, 0.4) is 0 Å². The summed E-state index contributed by atoms with van der Waals surface area (Å²) in [6.07, 6.45) is 3.46. The van der Waals surface area contributed by atoms with Gasteiger partial charge in [0.1, 0.15) is 24.3 Å². The van der Waals surface area contributed by atoms with Crippen LogP contribution in [0, 0.1) is 6.92 Å². The number of hydrogen-bond acceptors (Lipinski definition) is 8. The maximum Gasteiger partial charge on any atom is 0.245 e. The number of fused-ring (bicyclic) bond motifs is 1. The van der Waals surface area contributed by atoms with Gasteiger partial charge in [-0.2, -0.15) is 4.98 Å². The van der Waals surface area contributed by atoms with Crippen molar-refractivity contribution in [3.05, 3.63) is 46.9 Å². The lowest BCUT2D eigenvalue weighted by Crippen LogP contribution is -2.13. The first-order valence-corrected chi connectivity index (χ1v) is 10.5. The third-order valence-electron chi connectivity index (χ3n) is 5.31. The second-order valence-corrected chi connectivity index (χ2v) is 8.50. The zero-order valence-corrected chi connectivity index (χ0v) is 18.3. The summed E-state index contributed by atoms with van der Waals surface area (Å²) in [5, 5.41) is 8.42. The molecule has 0 spiro atoms. The van der Waals surface area contributed by atoms with E-state index in [-0.39, 0.29) is 18.6 Å². The summed E-state index contributed by atoms with van der Waals surface area (Å²) in [5.41, 5.74) is 7.52. The Hall–Kier alpha value is -3.53. The van der Waals surface area contributed by atoms with Crippen LogP contribution in [-0.4, -0.2) is 41.2 Å². The largest absolute Gasteiger partial charge is 0.470 e.